The van der Waals surface area contributed by atoms with Crippen molar-refractivity contribution in [2.24, 2.45) is 11.8 Å². The molecule has 1 amide bonds. The van der Waals surface area contributed by atoms with Crippen molar-refractivity contribution in [3.8, 4) is 0 Å². The fourth-order valence-electron chi connectivity index (χ4n) is 4.04. The topological polar surface area (TPSA) is 35.6 Å². The summed E-state index contributed by atoms with van der Waals surface area (Å²) in [5.74, 6) is 1.52. The van der Waals surface area contributed by atoms with E-state index in [0.717, 1.165) is 38.5 Å². The Hall–Kier alpha value is -1.55. The van der Waals surface area contributed by atoms with Crippen LogP contribution in [0.1, 0.15) is 33.1 Å². The van der Waals surface area contributed by atoms with Gasteiger partial charge in [-0.15, -0.1) is 0 Å². The highest BCUT2D eigenvalue weighted by atomic mass is 16.2. The highest BCUT2D eigenvalue weighted by Crippen LogP contribution is 2.29. The second-order valence-corrected chi connectivity index (χ2v) is 7.54. The van der Waals surface area contributed by atoms with E-state index in [1.165, 1.54) is 18.5 Å². The zero-order valence-electron chi connectivity index (χ0n) is 15.1. The van der Waals surface area contributed by atoms with E-state index in [4.69, 9.17) is 0 Å². The van der Waals surface area contributed by atoms with Crippen LogP contribution >= 0.6 is 0 Å². The number of nitrogens with zero attached hydrogens (tertiary/aromatic N) is 2. The first-order valence-electron chi connectivity index (χ1n) is 9.45. The summed E-state index contributed by atoms with van der Waals surface area (Å²) in [4.78, 5) is 17.1. The van der Waals surface area contributed by atoms with Gasteiger partial charge in [-0.1, -0.05) is 44.9 Å². The summed E-state index contributed by atoms with van der Waals surface area (Å²) < 4.78 is 0. The molecule has 4 heteroatoms. The Morgan fingerprint density at radius 1 is 1.08 bits per heavy atom. The maximum absolute atomic E-state index is 12.4. The van der Waals surface area contributed by atoms with E-state index in [1.807, 2.05) is 0 Å². The van der Waals surface area contributed by atoms with Crippen LogP contribution in [-0.2, 0) is 4.79 Å². The van der Waals surface area contributed by atoms with Gasteiger partial charge in [0.2, 0.25) is 5.91 Å². The van der Waals surface area contributed by atoms with Crippen LogP contribution in [0.4, 0.5) is 5.69 Å². The van der Waals surface area contributed by atoms with E-state index in [0.29, 0.717) is 18.5 Å². The molecule has 1 saturated heterocycles. The third-order valence-electron chi connectivity index (χ3n) is 5.91. The van der Waals surface area contributed by atoms with Gasteiger partial charge in [0.15, 0.2) is 0 Å². The molecule has 132 valence electrons. The SMILES string of the molecule is CC1CCCC(NC(=O)CN2CCN(c3ccccc3)CC2)C1C. The van der Waals surface area contributed by atoms with Gasteiger partial charge in [-0.2, -0.15) is 0 Å². The Labute approximate surface area is 146 Å². The number of benzene rings is 1. The first-order valence-corrected chi connectivity index (χ1v) is 9.45. The second kappa shape index (κ2) is 8.02. The third-order valence-corrected chi connectivity index (χ3v) is 5.91. The Kier molecular flexibility index (Phi) is 5.77. The number of hydrogen-bond acceptors (Lipinski definition) is 3. The van der Waals surface area contributed by atoms with Crippen molar-refractivity contribution in [2.45, 2.75) is 39.2 Å². The lowest BCUT2D eigenvalue weighted by Gasteiger charge is -2.37. The summed E-state index contributed by atoms with van der Waals surface area (Å²) in [5, 5.41) is 3.30. The van der Waals surface area contributed by atoms with Crippen LogP contribution in [0.25, 0.3) is 0 Å². The molecule has 1 aliphatic heterocycles. The number of carbonyl (C=O) groups is 1. The predicted octanol–water partition coefficient (Wildman–Crippen LogP) is 2.75. The first-order chi connectivity index (χ1) is 11.6. The van der Waals surface area contributed by atoms with Gasteiger partial charge in [0.1, 0.15) is 0 Å². The summed E-state index contributed by atoms with van der Waals surface area (Å²) in [6, 6.07) is 10.9. The van der Waals surface area contributed by atoms with E-state index >= 15 is 0 Å². The van der Waals surface area contributed by atoms with Gasteiger partial charge in [-0.3, -0.25) is 9.69 Å². The van der Waals surface area contributed by atoms with Crippen molar-refractivity contribution in [2.75, 3.05) is 37.6 Å². The largest absolute Gasteiger partial charge is 0.369 e. The number of amides is 1. The lowest BCUT2D eigenvalue weighted by Crippen LogP contribution is -2.52. The van der Waals surface area contributed by atoms with Gasteiger partial charge in [0.05, 0.1) is 6.54 Å². The summed E-state index contributed by atoms with van der Waals surface area (Å²) in [6.45, 7) is 9.04. The molecule has 3 unspecified atom stereocenters. The zero-order valence-corrected chi connectivity index (χ0v) is 15.1. The molecule has 1 aromatic rings. The van der Waals surface area contributed by atoms with E-state index in [1.54, 1.807) is 0 Å². The molecular formula is C20H31N3O. The molecule has 1 heterocycles. The van der Waals surface area contributed by atoms with Crippen molar-refractivity contribution in [1.82, 2.24) is 10.2 Å². The number of rotatable bonds is 4. The fraction of sp³-hybridized carbons (Fsp3) is 0.650. The van der Waals surface area contributed by atoms with Crippen LogP contribution in [0.2, 0.25) is 0 Å². The van der Waals surface area contributed by atoms with Crippen molar-refractivity contribution >= 4 is 11.6 Å². The van der Waals surface area contributed by atoms with Gasteiger partial charge in [0, 0.05) is 37.9 Å². The maximum atomic E-state index is 12.4. The Bertz CT molecular complexity index is 525. The van der Waals surface area contributed by atoms with Crippen molar-refractivity contribution in [3.05, 3.63) is 30.3 Å². The smallest absolute Gasteiger partial charge is 0.234 e. The molecule has 0 bridgehead atoms. The summed E-state index contributed by atoms with van der Waals surface area (Å²) in [7, 11) is 0. The summed E-state index contributed by atoms with van der Waals surface area (Å²) in [5.41, 5.74) is 1.28. The van der Waals surface area contributed by atoms with Crippen LogP contribution in [0.5, 0.6) is 0 Å². The van der Waals surface area contributed by atoms with Gasteiger partial charge < -0.3 is 10.2 Å². The standard InChI is InChI=1S/C20H31N3O/c1-16-7-6-10-19(17(16)2)21-20(24)15-22-11-13-23(14-12-22)18-8-4-3-5-9-18/h3-5,8-9,16-17,19H,6-7,10-15H2,1-2H3,(H,21,24). The number of nitrogens with one attached hydrogen (secondary N) is 1. The Morgan fingerprint density at radius 2 is 1.79 bits per heavy atom. The first kappa shape index (κ1) is 17.3. The van der Waals surface area contributed by atoms with Crippen LogP contribution in [0.15, 0.2) is 30.3 Å². The number of anilines is 1. The molecule has 2 aliphatic rings. The zero-order chi connectivity index (χ0) is 16.9. The van der Waals surface area contributed by atoms with Crippen LogP contribution in [0.3, 0.4) is 0 Å². The molecule has 1 aromatic carbocycles. The molecule has 0 aromatic heterocycles. The Balaban J connectivity index is 1.43. The van der Waals surface area contributed by atoms with Gasteiger partial charge in [0.25, 0.3) is 0 Å². The Morgan fingerprint density at radius 3 is 2.50 bits per heavy atom. The third kappa shape index (κ3) is 4.29. The van der Waals surface area contributed by atoms with E-state index < -0.39 is 0 Å². The van der Waals surface area contributed by atoms with Crippen molar-refractivity contribution in [3.63, 3.8) is 0 Å². The van der Waals surface area contributed by atoms with E-state index in [-0.39, 0.29) is 5.91 Å². The molecular weight excluding hydrogens is 298 g/mol. The lowest BCUT2D eigenvalue weighted by molar-refractivity contribution is -0.123. The van der Waals surface area contributed by atoms with Crippen molar-refractivity contribution < 1.29 is 4.79 Å². The quantitative estimate of drug-likeness (QED) is 0.922. The molecule has 24 heavy (non-hydrogen) atoms. The monoisotopic (exact) mass is 329 g/mol. The molecule has 3 atom stereocenters. The number of para-hydroxylation sites is 1. The molecule has 0 spiro atoms. The van der Waals surface area contributed by atoms with E-state index in [9.17, 15) is 4.79 Å². The molecule has 3 rings (SSSR count). The lowest BCUT2D eigenvalue weighted by atomic mass is 9.78. The van der Waals surface area contributed by atoms with E-state index in [2.05, 4.69) is 59.3 Å². The molecule has 2 fully saturated rings. The number of hydrogen-bond donors (Lipinski definition) is 1. The minimum atomic E-state index is 0.203. The number of piperazine rings is 1. The van der Waals surface area contributed by atoms with Crippen LogP contribution in [0, 0.1) is 11.8 Å². The molecule has 1 aliphatic carbocycles. The summed E-state index contributed by atoms with van der Waals surface area (Å²) >= 11 is 0. The summed E-state index contributed by atoms with van der Waals surface area (Å²) in [6.07, 6.45) is 3.68. The minimum absolute atomic E-state index is 0.203. The van der Waals surface area contributed by atoms with Gasteiger partial charge >= 0.3 is 0 Å². The fourth-order valence-corrected chi connectivity index (χ4v) is 4.04. The predicted molar refractivity (Wildman–Crippen MR) is 99.2 cm³/mol. The average molecular weight is 329 g/mol. The minimum Gasteiger partial charge on any atom is -0.369 e. The molecule has 4 nitrogen and oxygen atoms in total. The van der Waals surface area contributed by atoms with Crippen LogP contribution in [-0.4, -0.2) is 49.6 Å². The van der Waals surface area contributed by atoms with Gasteiger partial charge in [-0.25, -0.2) is 0 Å². The molecule has 0 radical (unpaired) electrons. The van der Waals surface area contributed by atoms with Crippen LogP contribution < -0.4 is 10.2 Å². The normalized spacial score (nSPS) is 28.6. The van der Waals surface area contributed by atoms with Crippen molar-refractivity contribution in [1.29, 1.82) is 0 Å². The average Bonchev–Trinajstić information content (AvgIpc) is 2.60. The maximum Gasteiger partial charge on any atom is 0.234 e. The molecule has 1 N–H and O–H groups in total. The highest BCUT2D eigenvalue weighted by molar-refractivity contribution is 5.78. The molecule has 1 saturated carbocycles. The van der Waals surface area contributed by atoms with Gasteiger partial charge in [-0.05, 0) is 30.4 Å². The second-order valence-electron chi connectivity index (χ2n) is 7.54. The highest BCUT2D eigenvalue weighted by Gasteiger charge is 2.28. The number of carbonyl (C=O) groups excluding carboxylic acids is 1.